The van der Waals surface area contributed by atoms with E-state index in [2.05, 4.69) is 5.16 Å². The van der Waals surface area contributed by atoms with Gasteiger partial charge in [0.1, 0.15) is 27.7 Å². The van der Waals surface area contributed by atoms with Gasteiger partial charge in [-0.3, -0.25) is 4.79 Å². The van der Waals surface area contributed by atoms with E-state index in [-0.39, 0.29) is 22.0 Å². The number of methoxy groups -OCH3 is 2. The van der Waals surface area contributed by atoms with Gasteiger partial charge in [-0.15, -0.1) is 0 Å². The number of hydrogen-bond donors (Lipinski definition) is 1. The van der Waals surface area contributed by atoms with Crippen molar-refractivity contribution < 1.29 is 27.2 Å². The van der Waals surface area contributed by atoms with E-state index in [1.165, 1.54) is 39.3 Å². The van der Waals surface area contributed by atoms with Crippen LogP contribution in [0, 0.1) is 13.8 Å². The van der Waals surface area contributed by atoms with Crippen molar-refractivity contribution in [1.29, 1.82) is 0 Å². The monoisotopic (exact) mass is 340 g/mol. The van der Waals surface area contributed by atoms with Gasteiger partial charge in [-0.2, -0.15) is 0 Å². The lowest BCUT2D eigenvalue weighted by Crippen LogP contribution is -2.31. The van der Waals surface area contributed by atoms with Crippen molar-refractivity contribution in [2.75, 3.05) is 14.2 Å². The van der Waals surface area contributed by atoms with Gasteiger partial charge in [0.05, 0.1) is 19.9 Å². The van der Waals surface area contributed by atoms with Crippen molar-refractivity contribution in [3.05, 3.63) is 35.2 Å². The molecule has 0 spiro atoms. The maximum absolute atomic E-state index is 12.4. The number of amides is 1. The third-order valence-electron chi connectivity index (χ3n) is 3.15. The standard InChI is InChI=1S/C14H16N2O6S/c1-8-13(9(2)22-15-8)14(17)16-23(18,19)12-6-5-10(20-3)7-11(12)21-4/h5-7H,1-4H3,(H,16,17). The van der Waals surface area contributed by atoms with Crippen molar-refractivity contribution >= 4 is 15.9 Å². The second-order valence-corrected chi connectivity index (χ2v) is 6.30. The molecule has 0 atom stereocenters. The Bertz CT molecular complexity index is 821. The van der Waals surface area contributed by atoms with Crippen LogP contribution >= 0.6 is 0 Å². The van der Waals surface area contributed by atoms with E-state index in [1.54, 1.807) is 6.92 Å². The van der Waals surface area contributed by atoms with Crippen LogP contribution in [-0.4, -0.2) is 33.7 Å². The summed E-state index contributed by atoms with van der Waals surface area (Å²) < 4.78 is 41.8. The molecule has 1 aromatic heterocycles. The quantitative estimate of drug-likeness (QED) is 0.877. The molecule has 2 rings (SSSR count). The highest BCUT2D eigenvalue weighted by molar-refractivity contribution is 7.90. The first-order valence-electron chi connectivity index (χ1n) is 6.52. The Hall–Kier alpha value is -2.55. The van der Waals surface area contributed by atoms with Crippen LogP contribution in [0.15, 0.2) is 27.6 Å². The van der Waals surface area contributed by atoms with E-state index in [0.29, 0.717) is 11.4 Å². The van der Waals surface area contributed by atoms with Gasteiger partial charge < -0.3 is 14.0 Å². The number of nitrogens with zero attached hydrogens (tertiary/aromatic N) is 1. The Balaban J connectivity index is 2.38. The van der Waals surface area contributed by atoms with Gasteiger partial charge in [0.15, 0.2) is 0 Å². The Morgan fingerprint density at radius 3 is 2.43 bits per heavy atom. The van der Waals surface area contributed by atoms with Gasteiger partial charge in [-0.25, -0.2) is 13.1 Å². The zero-order valence-corrected chi connectivity index (χ0v) is 13.9. The second-order valence-electron chi connectivity index (χ2n) is 4.65. The molecular formula is C14H16N2O6S. The zero-order valence-electron chi connectivity index (χ0n) is 13.0. The van der Waals surface area contributed by atoms with Gasteiger partial charge in [-0.05, 0) is 26.0 Å². The largest absolute Gasteiger partial charge is 0.497 e. The lowest BCUT2D eigenvalue weighted by molar-refractivity contribution is 0.0979. The van der Waals surface area contributed by atoms with Gasteiger partial charge in [0, 0.05) is 6.07 Å². The van der Waals surface area contributed by atoms with E-state index in [1.807, 2.05) is 4.72 Å². The molecule has 0 aliphatic carbocycles. The maximum atomic E-state index is 12.4. The molecule has 0 saturated heterocycles. The fourth-order valence-electron chi connectivity index (χ4n) is 2.03. The van der Waals surface area contributed by atoms with Crippen LogP contribution in [0.1, 0.15) is 21.8 Å². The summed E-state index contributed by atoms with van der Waals surface area (Å²) in [6, 6.07) is 4.16. The SMILES string of the molecule is COc1ccc(S(=O)(=O)NC(=O)c2c(C)noc2C)c(OC)c1. The summed E-state index contributed by atoms with van der Waals surface area (Å²) in [6.45, 7) is 3.07. The van der Waals surface area contributed by atoms with Crippen LogP contribution in [0.2, 0.25) is 0 Å². The molecule has 0 bridgehead atoms. The highest BCUT2D eigenvalue weighted by Crippen LogP contribution is 2.28. The first-order valence-corrected chi connectivity index (χ1v) is 8.00. The van der Waals surface area contributed by atoms with Crippen LogP contribution in [-0.2, 0) is 10.0 Å². The summed E-state index contributed by atoms with van der Waals surface area (Å²) in [5.41, 5.74) is 0.387. The van der Waals surface area contributed by atoms with Crippen molar-refractivity contribution in [2.24, 2.45) is 0 Å². The third-order valence-corrected chi connectivity index (χ3v) is 4.52. The minimum atomic E-state index is -4.14. The number of aryl methyl sites for hydroxylation is 2. The summed E-state index contributed by atoms with van der Waals surface area (Å²) >= 11 is 0. The number of aromatic nitrogens is 1. The number of hydrogen-bond acceptors (Lipinski definition) is 7. The Labute approximate surface area is 133 Å². The maximum Gasteiger partial charge on any atom is 0.270 e. The molecule has 1 aromatic carbocycles. The van der Waals surface area contributed by atoms with E-state index in [0.717, 1.165) is 0 Å². The topological polar surface area (TPSA) is 108 Å². The van der Waals surface area contributed by atoms with E-state index in [4.69, 9.17) is 14.0 Å². The van der Waals surface area contributed by atoms with Crippen LogP contribution < -0.4 is 14.2 Å². The van der Waals surface area contributed by atoms with Crippen molar-refractivity contribution in [3.8, 4) is 11.5 Å². The fraction of sp³-hybridized carbons (Fsp3) is 0.286. The molecule has 1 amide bonds. The summed E-state index contributed by atoms with van der Waals surface area (Å²) in [5.74, 6) is -0.0997. The summed E-state index contributed by atoms with van der Waals surface area (Å²) in [7, 11) is -1.37. The minimum absolute atomic E-state index is 0.0587. The van der Waals surface area contributed by atoms with Crippen LogP contribution in [0.25, 0.3) is 0 Å². The molecule has 2 aromatic rings. The van der Waals surface area contributed by atoms with E-state index >= 15 is 0 Å². The lowest BCUT2D eigenvalue weighted by Gasteiger charge is -2.11. The molecule has 1 N–H and O–H groups in total. The second kappa shape index (κ2) is 6.29. The summed E-state index contributed by atoms with van der Waals surface area (Å²) in [4.78, 5) is 12.0. The van der Waals surface area contributed by atoms with Crippen molar-refractivity contribution in [1.82, 2.24) is 9.88 Å². The highest BCUT2D eigenvalue weighted by atomic mass is 32.2. The Morgan fingerprint density at radius 2 is 1.91 bits per heavy atom. The van der Waals surface area contributed by atoms with Gasteiger partial charge in [0.2, 0.25) is 0 Å². The average molecular weight is 340 g/mol. The number of rotatable bonds is 5. The zero-order chi connectivity index (χ0) is 17.2. The van der Waals surface area contributed by atoms with Crippen molar-refractivity contribution in [3.63, 3.8) is 0 Å². The molecule has 124 valence electrons. The number of nitrogens with one attached hydrogen (secondary N) is 1. The first-order chi connectivity index (χ1) is 10.8. The Morgan fingerprint density at radius 1 is 1.22 bits per heavy atom. The summed E-state index contributed by atoms with van der Waals surface area (Å²) in [5, 5.41) is 3.62. The van der Waals surface area contributed by atoms with E-state index in [9.17, 15) is 13.2 Å². The first kappa shape index (κ1) is 16.8. The number of benzene rings is 1. The summed E-state index contributed by atoms with van der Waals surface area (Å²) in [6.07, 6.45) is 0. The smallest absolute Gasteiger partial charge is 0.270 e. The number of carbonyl (C=O) groups excluding carboxylic acids is 1. The highest BCUT2D eigenvalue weighted by Gasteiger charge is 2.26. The predicted octanol–water partition coefficient (Wildman–Crippen LogP) is 1.43. The molecule has 0 unspecified atom stereocenters. The molecule has 0 saturated carbocycles. The fourth-order valence-corrected chi connectivity index (χ4v) is 3.14. The number of carbonyl (C=O) groups is 1. The molecule has 23 heavy (non-hydrogen) atoms. The molecular weight excluding hydrogens is 324 g/mol. The van der Waals surface area contributed by atoms with Crippen LogP contribution in [0.3, 0.4) is 0 Å². The molecule has 8 nitrogen and oxygen atoms in total. The number of ether oxygens (including phenoxy) is 2. The molecule has 0 aliphatic heterocycles. The predicted molar refractivity (Wildman–Crippen MR) is 80.2 cm³/mol. The van der Waals surface area contributed by atoms with Gasteiger partial charge >= 0.3 is 0 Å². The molecule has 0 fully saturated rings. The lowest BCUT2D eigenvalue weighted by atomic mass is 10.2. The van der Waals surface area contributed by atoms with Crippen molar-refractivity contribution in [2.45, 2.75) is 18.7 Å². The molecule has 0 aliphatic rings. The molecule has 1 heterocycles. The number of sulfonamides is 1. The average Bonchev–Trinajstić information content (AvgIpc) is 2.85. The van der Waals surface area contributed by atoms with Crippen LogP contribution in [0.4, 0.5) is 0 Å². The normalized spacial score (nSPS) is 11.1. The van der Waals surface area contributed by atoms with Gasteiger partial charge in [-0.1, -0.05) is 5.16 Å². The van der Waals surface area contributed by atoms with E-state index < -0.39 is 15.9 Å². The third kappa shape index (κ3) is 3.29. The van der Waals surface area contributed by atoms with Crippen LogP contribution in [0.5, 0.6) is 11.5 Å². The molecule has 0 radical (unpaired) electrons. The Kier molecular flexibility index (Phi) is 4.60. The van der Waals surface area contributed by atoms with Gasteiger partial charge in [0.25, 0.3) is 15.9 Å². The molecule has 9 heteroatoms. The minimum Gasteiger partial charge on any atom is -0.497 e.